The van der Waals surface area contributed by atoms with Crippen LogP contribution in [-0.2, 0) is 6.54 Å². The second-order valence-corrected chi connectivity index (χ2v) is 6.58. The molecule has 20 heavy (non-hydrogen) atoms. The molecule has 0 amide bonds. The summed E-state index contributed by atoms with van der Waals surface area (Å²) in [7, 11) is 0. The van der Waals surface area contributed by atoms with E-state index in [9.17, 15) is 4.39 Å². The summed E-state index contributed by atoms with van der Waals surface area (Å²) in [6, 6.07) is 3.59. The highest BCUT2D eigenvalue weighted by Crippen LogP contribution is 2.44. The van der Waals surface area contributed by atoms with Crippen LogP contribution in [-0.4, -0.2) is 16.0 Å². The van der Waals surface area contributed by atoms with Crippen molar-refractivity contribution in [3.8, 4) is 10.7 Å². The summed E-state index contributed by atoms with van der Waals surface area (Å²) in [6.07, 6.45) is 3.71. The molecule has 5 heteroatoms. The highest BCUT2D eigenvalue weighted by molar-refractivity contribution is 7.15. The monoisotopic (exact) mass is 291 g/mol. The minimum Gasteiger partial charge on any atom is -0.310 e. The first kappa shape index (κ1) is 13.6. The van der Waals surface area contributed by atoms with Crippen molar-refractivity contribution in [2.24, 2.45) is 0 Å². The molecule has 0 spiro atoms. The van der Waals surface area contributed by atoms with Gasteiger partial charge >= 0.3 is 0 Å². The molecule has 3 rings (SSSR count). The lowest BCUT2D eigenvalue weighted by Gasteiger charge is -2.06. The van der Waals surface area contributed by atoms with E-state index in [1.165, 1.54) is 35.7 Å². The summed E-state index contributed by atoms with van der Waals surface area (Å²) < 4.78 is 12.9. The summed E-state index contributed by atoms with van der Waals surface area (Å²) in [5, 5.41) is 4.34. The SMILES string of the molecule is CC(C)NCc1sc(-c2ccc(F)cn2)nc1C1CC1. The highest BCUT2D eigenvalue weighted by Gasteiger charge is 2.29. The van der Waals surface area contributed by atoms with Crippen LogP contribution in [0, 0.1) is 5.82 Å². The van der Waals surface area contributed by atoms with Crippen LogP contribution < -0.4 is 5.32 Å². The van der Waals surface area contributed by atoms with Gasteiger partial charge in [0.25, 0.3) is 0 Å². The summed E-state index contributed by atoms with van der Waals surface area (Å²) >= 11 is 1.67. The number of hydrogen-bond acceptors (Lipinski definition) is 4. The molecule has 0 atom stereocenters. The highest BCUT2D eigenvalue weighted by atomic mass is 32.1. The molecule has 0 aromatic carbocycles. The van der Waals surface area contributed by atoms with Crippen LogP contribution in [0.4, 0.5) is 4.39 Å². The first-order valence-corrected chi connectivity index (χ1v) is 7.80. The summed E-state index contributed by atoms with van der Waals surface area (Å²) in [5.74, 6) is 0.304. The fourth-order valence-corrected chi connectivity index (χ4v) is 3.15. The van der Waals surface area contributed by atoms with Gasteiger partial charge in [-0.25, -0.2) is 9.37 Å². The molecule has 2 aromatic rings. The van der Waals surface area contributed by atoms with Gasteiger partial charge in [-0.05, 0) is 25.0 Å². The minimum absolute atomic E-state index is 0.311. The number of nitrogens with one attached hydrogen (secondary N) is 1. The van der Waals surface area contributed by atoms with Crippen molar-refractivity contribution < 1.29 is 4.39 Å². The molecule has 1 aliphatic rings. The quantitative estimate of drug-likeness (QED) is 0.912. The number of halogens is 1. The van der Waals surface area contributed by atoms with E-state index < -0.39 is 0 Å². The number of pyridine rings is 1. The lowest BCUT2D eigenvalue weighted by atomic mass is 10.2. The van der Waals surface area contributed by atoms with Gasteiger partial charge in [0.1, 0.15) is 10.8 Å². The Hall–Kier alpha value is -1.33. The molecular weight excluding hydrogens is 273 g/mol. The van der Waals surface area contributed by atoms with Crippen LogP contribution in [0.1, 0.15) is 43.2 Å². The molecule has 0 radical (unpaired) electrons. The van der Waals surface area contributed by atoms with Gasteiger partial charge in [0, 0.05) is 23.4 Å². The van der Waals surface area contributed by atoms with Crippen molar-refractivity contribution >= 4 is 11.3 Å². The Balaban J connectivity index is 1.88. The first-order valence-electron chi connectivity index (χ1n) is 6.98. The number of nitrogens with zero attached hydrogens (tertiary/aromatic N) is 2. The third-order valence-electron chi connectivity index (χ3n) is 3.31. The molecular formula is C15H18FN3S. The van der Waals surface area contributed by atoms with Gasteiger partial charge in [-0.15, -0.1) is 11.3 Å². The molecule has 0 saturated heterocycles. The smallest absolute Gasteiger partial charge is 0.142 e. The maximum Gasteiger partial charge on any atom is 0.142 e. The Bertz CT molecular complexity index is 588. The van der Waals surface area contributed by atoms with Crippen LogP contribution >= 0.6 is 11.3 Å². The van der Waals surface area contributed by atoms with Gasteiger partial charge in [0.2, 0.25) is 0 Å². The Labute approximate surface area is 122 Å². The zero-order valence-corrected chi connectivity index (χ0v) is 12.5. The summed E-state index contributed by atoms with van der Waals surface area (Å²) in [5.41, 5.74) is 1.97. The van der Waals surface area contributed by atoms with Crippen LogP contribution in [0.15, 0.2) is 18.3 Å². The topological polar surface area (TPSA) is 37.8 Å². The second kappa shape index (κ2) is 5.58. The van der Waals surface area contributed by atoms with Crippen LogP contribution in [0.25, 0.3) is 10.7 Å². The maximum absolute atomic E-state index is 12.9. The van der Waals surface area contributed by atoms with Gasteiger partial charge in [-0.2, -0.15) is 0 Å². The molecule has 0 aliphatic heterocycles. The minimum atomic E-state index is -0.311. The predicted molar refractivity (Wildman–Crippen MR) is 79.3 cm³/mol. The van der Waals surface area contributed by atoms with Crippen LogP contribution in [0.2, 0.25) is 0 Å². The number of aromatic nitrogens is 2. The Morgan fingerprint density at radius 2 is 2.20 bits per heavy atom. The normalized spacial score (nSPS) is 15.0. The van der Waals surface area contributed by atoms with E-state index in [1.54, 1.807) is 17.4 Å². The van der Waals surface area contributed by atoms with Gasteiger partial charge in [-0.3, -0.25) is 4.98 Å². The lowest BCUT2D eigenvalue weighted by molar-refractivity contribution is 0.590. The zero-order chi connectivity index (χ0) is 14.1. The molecule has 3 nitrogen and oxygen atoms in total. The second-order valence-electron chi connectivity index (χ2n) is 5.50. The zero-order valence-electron chi connectivity index (χ0n) is 11.7. The third kappa shape index (κ3) is 3.04. The molecule has 1 fully saturated rings. The van der Waals surface area contributed by atoms with Gasteiger partial charge in [0.15, 0.2) is 0 Å². The molecule has 1 aliphatic carbocycles. The molecule has 1 saturated carbocycles. The molecule has 0 unspecified atom stereocenters. The predicted octanol–water partition coefficient (Wildman–Crippen LogP) is 3.72. The molecule has 106 valence electrons. The maximum atomic E-state index is 12.9. The van der Waals surface area contributed by atoms with E-state index in [1.807, 2.05) is 0 Å². The van der Waals surface area contributed by atoms with E-state index >= 15 is 0 Å². The van der Waals surface area contributed by atoms with Crippen molar-refractivity contribution in [1.82, 2.24) is 15.3 Å². The molecule has 2 aromatic heterocycles. The summed E-state index contributed by atoms with van der Waals surface area (Å²) in [4.78, 5) is 10.2. The fourth-order valence-electron chi connectivity index (χ4n) is 2.07. The number of rotatable bonds is 5. The van der Waals surface area contributed by atoms with E-state index in [4.69, 9.17) is 4.98 Å². The van der Waals surface area contributed by atoms with Crippen LogP contribution in [0.5, 0.6) is 0 Å². The largest absolute Gasteiger partial charge is 0.310 e. The third-order valence-corrected chi connectivity index (χ3v) is 4.40. The van der Waals surface area contributed by atoms with Gasteiger partial charge in [0.05, 0.1) is 17.6 Å². The molecule has 2 heterocycles. The van der Waals surface area contributed by atoms with E-state index in [-0.39, 0.29) is 5.82 Å². The number of hydrogen-bond donors (Lipinski definition) is 1. The van der Waals surface area contributed by atoms with Crippen molar-refractivity contribution in [2.45, 2.75) is 45.2 Å². The van der Waals surface area contributed by atoms with Gasteiger partial charge < -0.3 is 5.32 Å². The number of thiazole rings is 1. The summed E-state index contributed by atoms with van der Waals surface area (Å²) in [6.45, 7) is 5.13. The van der Waals surface area contributed by atoms with Gasteiger partial charge in [-0.1, -0.05) is 13.8 Å². The van der Waals surface area contributed by atoms with Crippen molar-refractivity contribution in [3.63, 3.8) is 0 Å². The van der Waals surface area contributed by atoms with E-state index in [0.29, 0.717) is 12.0 Å². The molecule has 1 N–H and O–H groups in total. The van der Waals surface area contributed by atoms with Crippen molar-refractivity contribution in [2.75, 3.05) is 0 Å². The average Bonchev–Trinajstić information content (AvgIpc) is 3.18. The lowest BCUT2D eigenvalue weighted by Crippen LogP contribution is -2.21. The Kier molecular flexibility index (Phi) is 3.81. The average molecular weight is 291 g/mol. The van der Waals surface area contributed by atoms with E-state index in [2.05, 4.69) is 24.1 Å². The Morgan fingerprint density at radius 1 is 1.40 bits per heavy atom. The first-order chi connectivity index (χ1) is 9.63. The van der Waals surface area contributed by atoms with E-state index in [0.717, 1.165) is 17.2 Å². The Morgan fingerprint density at radius 3 is 2.80 bits per heavy atom. The fraction of sp³-hybridized carbons (Fsp3) is 0.467. The van der Waals surface area contributed by atoms with Crippen molar-refractivity contribution in [1.29, 1.82) is 0 Å². The standard InChI is InChI=1S/C15H18FN3S/c1-9(2)17-8-13-14(10-3-4-10)19-15(20-13)12-6-5-11(16)7-18-12/h5-7,9-10,17H,3-4,8H2,1-2H3. The van der Waals surface area contributed by atoms with Crippen LogP contribution in [0.3, 0.4) is 0 Å². The van der Waals surface area contributed by atoms with Crippen molar-refractivity contribution in [3.05, 3.63) is 34.7 Å². The molecule has 0 bridgehead atoms.